The predicted octanol–water partition coefficient (Wildman–Crippen LogP) is 3.90. The Morgan fingerprint density at radius 1 is 0.935 bits per heavy atom. The number of ether oxygens (including phenoxy) is 2. The molecule has 0 fully saturated rings. The van der Waals surface area contributed by atoms with Crippen molar-refractivity contribution in [1.82, 2.24) is 10.6 Å². The molecule has 0 saturated heterocycles. The quantitative estimate of drug-likeness (QED) is 0.489. The van der Waals surface area contributed by atoms with E-state index in [0.29, 0.717) is 29.4 Å². The summed E-state index contributed by atoms with van der Waals surface area (Å²) in [6, 6.07) is 22.7. The third-order valence-corrected chi connectivity index (χ3v) is 4.61. The van der Waals surface area contributed by atoms with E-state index in [9.17, 15) is 9.59 Å². The first kappa shape index (κ1) is 21.7. The molecule has 0 aliphatic carbocycles. The second-order valence-corrected chi connectivity index (χ2v) is 6.84. The summed E-state index contributed by atoms with van der Waals surface area (Å²) in [5.41, 5.74) is 6.91. The number of carbonyl (C=O) groups excluding carboxylic acids is 2. The molecule has 7 nitrogen and oxygen atoms in total. The van der Waals surface area contributed by atoms with Crippen molar-refractivity contribution in [3.8, 4) is 17.2 Å². The summed E-state index contributed by atoms with van der Waals surface area (Å²) in [6.07, 6.45) is 0.0207. The van der Waals surface area contributed by atoms with Crippen LogP contribution in [-0.4, -0.2) is 19.0 Å². The fourth-order valence-electron chi connectivity index (χ4n) is 3.14. The molecule has 160 valence electrons. The topological polar surface area (TPSA) is 103 Å². The van der Waals surface area contributed by atoms with Crippen LogP contribution in [0.2, 0.25) is 0 Å². The summed E-state index contributed by atoms with van der Waals surface area (Å²) >= 11 is 0. The number of amides is 3. The van der Waals surface area contributed by atoms with Gasteiger partial charge in [-0.3, -0.25) is 4.79 Å². The summed E-state index contributed by atoms with van der Waals surface area (Å²) in [6.45, 7) is 0.309. The van der Waals surface area contributed by atoms with Crippen LogP contribution in [0.1, 0.15) is 23.6 Å². The van der Waals surface area contributed by atoms with Gasteiger partial charge in [0.15, 0.2) is 0 Å². The minimum atomic E-state index is -0.711. The van der Waals surface area contributed by atoms with Crippen LogP contribution in [0.25, 0.3) is 0 Å². The van der Waals surface area contributed by atoms with E-state index in [1.165, 1.54) is 0 Å². The van der Waals surface area contributed by atoms with Gasteiger partial charge < -0.3 is 25.8 Å². The molecule has 0 aliphatic heterocycles. The molecule has 3 rings (SSSR count). The lowest BCUT2D eigenvalue weighted by Crippen LogP contribution is -2.36. The molecule has 0 bridgehead atoms. The molecule has 0 aliphatic rings. The maximum Gasteiger partial charge on any atom is 0.312 e. The Morgan fingerprint density at radius 2 is 1.65 bits per heavy atom. The van der Waals surface area contributed by atoms with Crippen molar-refractivity contribution in [2.75, 3.05) is 7.11 Å². The van der Waals surface area contributed by atoms with Crippen molar-refractivity contribution < 1.29 is 19.1 Å². The van der Waals surface area contributed by atoms with Gasteiger partial charge in [0.05, 0.1) is 19.6 Å². The highest BCUT2D eigenvalue weighted by Crippen LogP contribution is 2.26. The zero-order chi connectivity index (χ0) is 22.1. The average Bonchev–Trinajstić information content (AvgIpc) is 2.78. The van der Waals surface area contributed by atoms with Crippen molar-refractivity contribution in [3.05, 3.63) is 90.0 Å². The summed E-state index contributed by atoms with van der Waals surface area (Å²) in [5, 5.41) is 5.50. The summed E-state index contributed by atoms with van der Waals surface area (Å²) in [4.78, 5) is 24.1. The number of benzene rings is 3. The number of carbonyl (C=O) groups is 2. The van der Waals surface area contributed by atoms with Crippen LogP contribution in [0.3, 0.4) is 0 Å². The molecule has 3 aromatic rings. The van der Waals surface area contributed by atoms with Crippen LogP contribution in [0, 0.1) is 0 Å². The van der Waals surface area contributed by atoms with Crippen molar-refractivity contribution >= 4 is 11.9 Å². The molecular formula is C24H25N3O4. The van der Waals surface area contributed by atoms with E-state index in [1.54, 1.807) is 25.3 Å². The third kappa shape index (κ3) is 6.50. The number of hydrogen-bond donors (Lipinski definition) is 3. The molecule has 4 N–H and O–H groups in total. The van der Waals surface area contributed by atoms with E-state index in [4.69, 9.17) is 15.2 Å². The number of primary amides is 1. The monoisotopic (exact) mass is 419 g/mol. The van der Waals surface area contributed by atoms with Crippen LogP contribution < -0.4 is 25.8 Å². The minimum Gasteiger partial charge on any atom is -0.496 e. The maximum atomic E-state index is 12.6. The number of hydrogen-bond acceptors (Lipinski definition) is 4. The van der Waals surface area contributed by atoms with Gasteiger partial charge in [0, 0.05) is 12.1 Å². The second kappa shape index (κ2) is 10.7. The lowest BCUT2D eigenvalue weighted by molar-refractivity contribution is -0.121. The van der Waals surface area contributed by atoms with E-state index < -0.39 is 12.1 Å². The van der Waals surface area contributed by atoms with Gasteiger partial charge in [0.25, 0.3) is 0 Å². The zero-order valence-electron chi connectivity index (χ0n) is 17.2. The average molecular weight is 419 g/mol. The largest absolute Gasteiger partial charge is 0.496 e. The van der Waals surface area contributed by atoms with Crippen LogP contribution >= 0.6 is 0 Å². The van der Waals surface area contributed by atoms with Gasteiger partial charge in [-0.05, 0) is 35.9 Å². The second-order valence-electron chi connectivity index (χ2n) is 6.84. The smallest absolute Gasteiger partial charge is 0.312 e. The number of methoxy groups -OCH3 is 1. The number of nitrogens with one attached hydrogen (secondary N) is 2. The third-order valence-electron chi connectivity index (χ3n) is 4.61. The molecule has 0 saturated carbocycles. The first-order valence-electron chi connectivity index (χ1n) is 9.82. The Hall–Kier alpha value is -4.00. The van der Waals surface area contributed by atoms with Gasteiger partial charge in [0.2, 0.25) is 5.91 Å². The molecule has 1 atom stereocenters. The Balaban J connectivity index is 1.69. The molecule has 3 aromatic carbocycles. The molecule has 0 aromatic heterocycles. The molecule has 0 heterocycles. The number of urea groups is 1. The van der Waals surface area contributed by atoms with E-state index in [2.05, 4.69) is 10.6 Å². The first-order chi connectivity index (χ1) is 15.0. The lowest BCUT2D eigenvalue weighted by Gasteiger charge is -2.19. The SMILES string of the molecule is COc1ccccc1CNC(=O)CC(NC(N)=O)c1cccc(Oc2ccccc2)c1. The number of para-hydroxylation sites is 2. The summed E-state index contributed by atoms with van der Waals surface area (Å²) < 4.78 is 11.2. The van der Waals surface area contributed by atoms with Crippen LogP contribution in [0.5, 0.6) is 17.2 Å². The molecule has 3 amide bonds. The molecule has 31 heavy (non-hydrogen) atoms. The summed E-state index contributed by atoms with van der Waals surface area (Å²) in [7, 11) is 1.58. The van der Waals surface area contributed by atoms with Gasteiger partial charge in [0.1, 0.15) is 17.2 Å². The van der Waals surface area contributed by atoms with E-state index in [1.807, 2.05) is 60.7 Å². The highest BCUT2D eigenvalue weighted by Gasteiger charge is 2.18. The Kier molecular flexibility index (Phi) is 7.48. The number of nitrogens with two attached hydrogens (primary N) is 1. The standard InChI is InChI=1S/C24H25N3O4/c1-30-22-13-6-5-8-18(22)16-26-23(28)15-21(27-24(25)29)17-9-7-12-20(14-17)31-19-10-3-2-4-11-19/h2-14,21H,15-16H2,1H3,(H,26,28)(H3,25,27,29). The Labute approximate surface area is 181 Å². The molecule has 1 unspecified atom stereocenters. The van der Waals surface area contributed by atoms with Crippen LogP contribution in [0.15, 0.2) is 78.9 Å². The molecular weight excluding hydrogens is 394 g/mol. The van der Waals surface area contributed by atoms with Gasteiger partial charge in [-0.15, -0.1) is 0 Å². The normalized spacial score (nSPS) is 11.3. The first-order valence-corrected chi connectivity index (χ1v) is 9.82. The molecule has 0 spiro atoms. The maximum absolute atomic E-state index is 12.6. The molecule has 0 radical (unpaired) electrons. The van der Waals surface area contributed by atoms with Gasteiger partial charge in [-0.2, -0.15) is 0 Å². The lowest BCUT2D eigenvalue weighted by atomic mass is 10.0. The highest BCUT2D eigenvalue weighted by atomic mass is 16.5. The fourth-order valence-corrected chi connectivity index (χ4v) is 3.14. The van der Waals surface area contributed by atoms with Gasteiger partial charge in [-0.25, -0.2) is 4.79 Å². The van der Waals surface area contributed by atoms with Crippen molar-refractivity contribution in [1.29, 1.82) is 0 Å². The van der Waals surface area contributed by atoms with Crippen molar-refractivity contribution in [2.45, 2.75) is 19.0 Å². The number of rotatable bonds is 9. The van der Waals surface area contributed by atoms with Gasteiger partial charge in [-0.1, -0.05) is 48.5 Å². The highest BCUT2D eigenvalue weighted by molar-refractivity contribution is 5.79. The fraction of sp³-hybridized carbons (Fsp3) is 0.167. The van der Waals surface area contributed by atoms with Gasteiger partial charge >= 0.3 is 6.03 Å². The van der Waals surface area contributed by atoms with Crippen LogP contribution in [-0.2, 0) is 11.3 Å². The zero-order valence-corrected chi connectivity index (χ0v) is 17.2. The van der Waals surface area contributed by atoms with Crippen molar-refractivity contribution in [2.24, 2.45) is 5.73 Å². The Bertz CT molecular complexity index is 1020. The van der Waals surface area contributed by atoms with E-state index in [0.717, 1.165) is 5.56 Å². The van der Waals surface area contributed by atoms with Crippen molar-refractivity contribution in [3.63, 3.8) is 0 Å². The Morgan fingerprint density at radius 3 is 2.39 bits per heavy atom. The van der Waals surface area contributed by atoms with E-state index in [-0.39, 0.29) is 12.3 Å². The van der Waals surface area contributed by atoms with E-state index >= 15 is 0 Å². The molecule has 7 heteroatoms. The predicted molar refractivity (Wildman–Crippen MR) is 118 cm³/mol. The minimum absolute atomic E-state index is 0.0207. The van der Waals surface area contributed by atoms with Crippen LogP contribution in [0.4, 0.5) is 4.79 Å². The summed E-state index contributed by atoms with van der Waals surface area (Å²) in [5.74, 6) is 1.74.